The molecular formula is C25H31BrN6O6. The van der Waals surface area contributed by atoms with Crippen LogP contribution < -0.4 is 14.8 Å². The predicted molar refractivity (Wildman–Crippen MR) is 142 cm³/mol. The summed E-state index contributed by atoms with van der Waals surface area (Å²) in [6.45, 7) is 5.95. The molecule has 1 aliphatic rings. The van der Waals surface area contributed by atoms with E-state index in [4.69, 9.17) is 18.9 Å². The number of aromatic nitrogens is 4. The molecule has 0 saturated carbocycles. The van der Waals surface area contributed by atoms with Crippen LogP contribution in [0.4, 0.5) is 10.6 Å². The number of rotatable bonds is 7. The summed E-state index contributed by atoms with van der Waals surface area (Å²) in [5.41, 5.74) is 0.751. The van der Waals surface area contributed by atoms with E-state index in [1.165, 1.54) is 18.3 Å². The van der Waals surface area contributed by atoms with Gasteiger partial charge in [0.25, 0.3) is 0 Å². The van der Waals surface area contributed by atoms with Gasteiger partial charge in [0.15, 0.2) is 5.65 Å². The maximum atomic E-state index is 12.9. The van der Waals surface area contributed by atoms with Crippen molar-refractivity contribution in [1.82, 2.24) is 24.6 Å². The number of carbonyl (C=O) groups excluding carboxylic acids is 2. The molecule has 3 aromatic rings. The minimum absolute atomic E-state index is 0.202. The zero-order valence-corrected chi connectivity index (χ0v) is 23.7. The van der Waals surface area contributed by atoms with Gasteiger partial charge < -0.3 is 24.3 Å². The number of benzene rings is 1. The van der Waals surface area contributed by atoms with Crippen LogP contribution in [0.3, 0.4) is 0 Å². The molecule has 0 spiro atoms. The predicted octanol–water partition coefficient (Wildman–Crippen LogP) is 3.94. The molecule has 1 N–H and O–H groups in total. The van der Waals surface area contributed by atoms with Gasteiger partial charge in [-0.15, -0.1) is 0 Å². The van der Waals surface area contributed by atoms with Crippen molar-refractivity contribution in [1.29, 1.82) is 0 Å². The normalized spacial score (nSPS) is 17.4. The molecule has 1 fully saturated rings. The van der Waals surface area contributed by atoms with Crippen molar-refractivity contribution >= 4 is 44.8 Å². The Morgan fingerprint density at radius 3 is 2.58 bits per heavy atom. The van der Waals surface area contributed by atoms with Gasteiger partial charge in [-0.25, -0.2) is 24.2 Å². The highest BCUT2D eigenvalue weighted by Gasteiger charge is 2.44. The molecule has 3 heterocycles. The summed E-state index contributed by atoms with van der Waals surface area (Å²) in [4.78, 5) is 35.7. The van der Waals surface area contributed by atoms with Gasteiger partial charge in [-0.2, -0.15) is 5.10 Å². The lowest BCUT2D eigenvalue weighted by Gasteiger charge is -2.27. The smallest absolute Gasteiger partial charge is 0.411 e. The van der Waals surface area contributed by atoms with Crippen LogP contribution in [0.1, 0.15) is 38.8 Å². The van der Waals surface area contributed by atoms with Crippen LogP contribution in [0.2, 0.25) is 0 Å². The van der Waals surface area contributed by atoms with Gasteiger partial charge in [-0.3, -0.25) is 4.90 Å². The van der Waals surface area contributed by atoms with E-state index in [0.717, 1.165) is 5.56 Å². The zero-order valence-electron chi connectivity index (χ0n) is 22.1. The van der Waals surface area contributed by atoms with Crippen LogP contribution in [0, 0.1) is 0 Å². The van der Waals surface area contributed by atoms with E-state index in [0.29, 0.717) is 45.9 Å². The second kappa shape index (κ2) is 11.0. The van der Waals surface area contributed by atoms with Crippen molar-refractivity contribution in [2.45, 2.75) is 51.4 Å². The summed E-state index contributed by atoms with van der Waals surface area (Å²) < 4.78 is 23.5. The fraction of sp³-hybridized carbons (Fsp3) is 0.480. The van der Waals surface area contributed by atoms with Crippen molar-refractivity contribution in [2.75, 3.05) is 33.2 Å². The van der Waals surface area contributed by atoms with E-state index in [2.05, 4.69) is 36.3 Å². The number of hydrogen-bond donors (Lipinski definition) is 1. The van der Waals surface area contributed by atoms with Crippen molar-refractivity contribution < 1.29 is 28.5 Å². The third kappa shape index (κ3) is 5.62. The van der Waals surface area contributed by atoms with Gasteiger partial charge in [-0.1, -0.05) is 0 Å². The lowest BCUT2D eigenvalue weighted by molar-refractivity contribution is -0.145. The maximum Gasteiger partial charge on any atom is 0.411 e. The summed E-state index contributed by atoms with van der Waals surface area (Å²) in [7, 11) is 4.50. The molecule has 4 rings (SSSR count). The van der Waals surface area contributed by atoms with E-state index in [-0.39, 0.29) is 12.6 Å². The Labute approximate surface area is 228 Å². The topological polar surface area (TPSA) is 130 Å². The lowest BCUT2D eigenvalue weighted by Crippen LogP contribution is -2.43. The van der Waals surface area contributed by atoms with Gasteiger partial charge in [0.05, 0.1) is 32.8 Å². The number of esters is 1. The van der Waals surface area contributed by atoms with Crippen LogP contribution in [0.15, 0.2) is 29.1 Å². The Balaban J connectivity index is 1.62. The molecular weight excluding hydrogens is 560 g/mol. The Hall–Kier alpha value is -3.61. The van der Waals surface area contributed by atoms with Crippen molar-refractivity contribution in [3.05, 3.63) is 34.7 Å². The Morgan fingerprint density at radius 2 is 1.92 bits per heavy atom. The van der Waals surface area contributed by atoms with Crippen LogP contribution in [-0.2, 0) is 20.8 Å². The number of ether oxygens (including phenoxy) is 4. The van der Waals surface area contributed by atoms with Gasteiger partial charge in [-0.05, 0) is 48.8 Å². The summed E-state index contributed by atoms with van der Waals surface area (Å²) >= 11 is 3.54. The highest BCUT2D eigenvalue weighted by Crippen LogP contribution is 2.35. The Bertz CT molecular complexity index is 1340. The average molecular weight is 591 g/mol. The molecule has 1 amide bonds. The SMILES string of the molecule is COC(=O)[C@@H]1C[C@H](n2nc(Br)c3c(NCc4ccc(OC)cc4OC)ncnc32)CN1C(=O)OC(C)(C)C. The molecule has 13 heteroatoms. The first-order valence-corrected chi connectivity index (χ1v) is 12.8. The van der Waals surface area contributed by atoms with Crippen LogP contribution in [0.25, 0.3) is 11.0 Å². The maximum absolute atomic E-state index is 12.9. The molecule has 12 nitrogen and oxygen atoms in total. The zero-order chi connectivity index (χ0) is 27.6. The van der Waals surface area contributed by atoms with E-state index < -0.39 is 23.7 Å². The number of anilines is 1. The van der Waals surface area contributed by atoms with Gasteiger partial charge in [0, 0.05) is 31.1 Å². The Morgan fingerprint density at radius 1 is 1.16 bits per heavy atom. The number of nitrogens with zero attached hydrogens (tertiary/aromatic N) is 5. The number of fused-ring (bicyclic) bond motifs is 1. The monoisotopic (exact) mass is 590 g/mol. The van der Waals surface area contributed by atoms with E-state index in [1.807, 2.05) is 18.2 Å². The third-order valence-corrected chi connectivity index (χ3v) is 6.67. The highest BCUT2D eigenvalue weighted by atomic mass is 79.9. The van der Waals surface area contributed by atoms with Crippen molar-refractivity contribution in [2.24, 2.45) is 0 Å². The number of hydrogen-bond acceptors (Lipinski definition) is 10. The first-order valence-electron chi connectivity index (χ1n) is 12.0. The third-order valence-electron chi connectivity index (χ3n) is 6.11. The number of nitrogens with one attached hydrogen (secondary N) is 1. The largest absolute Gasteiger partial charge is 0.497 e. The molecule has 1 saturated heterocycles. The summed E-state index contributed by atoms with van der Waals surface area (Å²) in [5.74, 6) is 1.43. The number of carbonyl (C=O) groups is 2. The highest BCUT2D eigenvalue weighted by molar-refractivity contribution is 9.10. The molecule has 1 aliphatic heterocycles. The van der Waals surface area contributed by atoms with Crippen LogP contribution >= 0.6 is 15.9 Å². The van der Waals surface area contributed by atoms with Crippen molar-refractivity contribution in [3.63, 3.8) is 0 Å². The molecule has 204 valence electrons. The van der Waals surface area contributed by atoms with E-state index >= 15 is 0 Å². The fourth-order valence-corrected chi connectivity index (χ4v) is 4.91. The average Bonchev–Trinajstić information content (AvgIpc) is 3.48. The number of halogens is 1. The van der Waals surface area contributed by atoms with E-state index in [1.54, 1.807) is 39.7 Å². The summed E-state index contributed by atoms with van der Waals surface area (Å²) in [5, 5.41) is 8.66. The quantitative estimate of drug-likeness (QED) is 0.404. The first kappa shape index (κ1) is 27.4. The van der Waals surface area contributed by atoms with Gasteiger partial charge >= 0.3 is 12.1 Å². The second-order valence-corrected chi connectivity index (χ2v) is 10.5. The first-order chi connectivity index (χ1) is 18.1. The molecule has 0 unspecified atom stereocenters. The van der Waals surface area contributed by atoms with Crippen LogP contribution in [-0.4, -0.2) is 76.2 Å². The number of likely N-dealkylation sites (tertiary alicyclic amines) is 1. The molecule has 2 aromatic heterocycles. The van der Waals surface area contributed by atoms with Crippen molar-refractivity contribution in [3.8, 4) is 11.5 Å². The van der Waals surface area contributed by atoms with E-state index in [9.17, 15) is 9.59 Å². The van der Waals surface area contributed by atoms with Gasteiger partial charge in [0.1, 0.15) is 39.9 Å². The molecule has 1 aromatic carbocycles. The minimum Gasteiger partial charge on any atom is -0.497 e. The standard InChI is InChI=1S/C25H31BrN6O6/c1-25(2,3)38-24(34)31-12-15(9-17(31)23(33)37-6)32-22-19(20(26)30-32)21(28-13-29-22)27-11-14-7-8-16(35-4)10-18(14)36-5/h7-8,10,13,15,17H,9,11-12H2,1-6H3,(H,27,28,29)/t15-,17-/m0/s1. The number of methoxy groups -OCH3 is 3. The minimum atomic E-state index is -0.806. The second-order valence-electron chi connectivity index (χ2n) is 9.75. The molecule has 0 bridgehead atoms. The lowest BCUT2D eigenvalue weighted by atomic mass is 10.1. The van der Waals surface area contributed by atoms with Gasteiger partial charge in [0.2, 0.25) is 0 Å². The molecule has 2 atom stereocenters. The molecule has 0 radical (unpaired) electrons. The number of amides is 1. The van der Waals surface area contributed by atoms with Crippen LogP contribution in [0.5, 0.6) is 11.5 Å². The Kier molecular flexibility index (Phi) is 7.95. The molecule has 0 aliphatic carbocycles. The molecule has 38 heavy (non-hydrogen) atoms. The summed E-state index contributed by atoms with van der Waals surface area (Å²) in [6, 6.07) is 4.44. The fourth-order valence-electron chi connectivity index (χ4n) is 4.37. The summed E-state index contributed by atoms with van der Waals surface area (Å²) in [6.07, 6.45) is 1.15.